The van der Waals surface area contributed by atoms with Crippen molar-refractivity contribution in [1.82, 2.24) is 4.90 Å². The fourth-order valence-corrected chi connectivity index (χ4v) is 7.79. The van der Waals surface area contributed by atoms with E-state index in [0.717, 1.165) is 16.8 Å². The lowest BCUT2D eigenvalue weighted by Crippen LogP contribution is -2.56. The molecule has 4 heterocycles. The van der Waals surface area contributed by atoms with Crippen LogP contribution < -0.4 is 14.5 Å². The molecule has 3 aromatic carbocycles. The zero-order valence-corrected chi connectivity index (χ0v) is 26.8. The molecule has 0 radical (unpaired) electrons. The van der Waals surface area contributed by atoms with Gasteiger partial charge in [-0.05, 0) is 67.8 Å². The van der Waals surface area contributed by atoms with Gasteiger partial charge in [0.05, 0.1) is 37.2 Å². The first-order valence-electron chi connectivity index (χ1n) is 16.2. The van der Waals surface area contributed by atoms with Gasteiger partial charge in [-0.1, -0.05) is 66.8 Å². The monoisotopic (exact) mass is 633 g/mol. The van der Waals surface area contributed by atoms with Crippen molar-refractivity contribution in [2.45, 2.75) is 44.6 Å². The number of benzene rings is 3. The summed E-state index contributed by atoms with van der Waals surface area (Å²) >= 11 is 0. The summed E-state index contributed by atoms with van der Waals surface area (Å²) < 4.78 is 12.5. The molecular formula is C38H39N3O6. The Bertz CT molecular complexity index is 1750. The van der Waals surface area contributed by atoms with Crippen molar-refractivity contribution in [3.05, 3.63) is 114 Å². The van der Waals surface area contributed by atoms with Crippen molar-refractivity contribution in [3.8, 4) is 5.75 Å². The van der Waals surface area contributed by atoms with Gasteiger partial charge in [-0.3, -0.25) is 14.4 Å². The highest BCUT2D eigenvalue weighted by Crippen LogP contribution is 2.55. The molecule has 4 aliphatic rings. The van der Waals surface area contributed by atoms with Crippen LogP contribution in [0.1, 0.15) is 29.7 Å². The summed E-state index contributed by atoms with van der Waals surface area (Å²) in [5.74, 6) is -2.14. The van der Waals surface area contributed by atoms with Gasteiger partial charge in [0.2, 0.25) is 11.8 Å². The maximum atomic E-state index is 15.0. The lowest BCUT2D eigenvalue weighted by atomic mass is 9.77. The van der Waals surface area contributed by atoms with Gasteiger partial charge >= 0.3 is 0 Å². The first-order chi connectivity index (χ1) is 22.8. The number of likely N-dealkylation sites (tertiary alicyclic amines) is 1. The SMILES string of the molecule is CCOc1ccc(N2CC=C[C@@H]3O[C@]45C=CCN(c6cc(C)ccc6C)C(=O)C4N([C@H](CO)c4ccccc4)C(=O)[C@@H]5[C@@H]3C2=O)cc1. The Balaban J connectivity index is 1.35. The molecule has 9 heteroatoms. The number of anilines is 2. The number of carbonyl (C=O) groups excluding carboxylic acids is 3. The van der Waals surface area contributed by atoms with Gasteiger partial charge in [-0.25, -0.2) is 0 Å². The predicted molar refractivity (Wildman–Crippen MR) is 178 cm³/mol. The lowest BCUT2D eigenvalue weighted by molar-refractivity contribution is -0.144. The average Bonchev–Trinajstić information content (AvgIpc) is 3.39. The van der Waals surface area contributed by atoms with Crippen LogP contribution in [0.15, 0.2) is 97.1 Å². The maximum Gasteiger partial charge on any atom is 0.253 e. The number of rotatable bonds is 7. The second-order valence-electron chi connectivity index (χ2n) is 12.6. The minimum Gasteiger partial charge on any atom is -0.494 e. The van der Waals surface area contributed by atoms with Crippen molar-refractivity contribution in [3.63, 3.8) is 0 Å². The Kier molecular flexibility index (Phi) is 7.98. The van der Waals surface area contributed by atoms with Crippen molar-refractivity contribution in [1.29, 1.82) is 0 Å². The molecule has 242 valence electrons. The minimum atomic E-state index is -1.43. The van der Waals surface area contributed by atoms with Gasteiger partial charge in [-0.2, -0.15) is 0 Å². The van der Waals surface area contributed by atoms with Crippen LogP contribution in [0.4, 0.5) is 11.4 Å². The van der Waals surface area contributed by atoms with Gasteiger partial charge < -0.3 is 29.3 Å². The lowest BCUT2D eigenvalue weighted by Gasteiger charge is -2.39. The molecule has 2 saturated heterocycles. The summed E-state index contributed by atoms with van der Waals surface area (Å²) in [6.07, 6.45) is 6.73. The summed E-state index contributed by atoms with van der Waals surface area (Å²) in [4.78, 5) is 49.3. The molecule has 9 nitrogen and oxygen atoms in total. The summed E-state index contributed by atoms with van der Waals surface area (Å²) in [5, 5.41) is 10.8. The third-order valence-corrected chi connectivity index (χ3v) is 9.90. The van der Waals surface area contributed by atoms with E-state index in [9.17, 15) is 19.5 Å². The molecule has 0 bridgehead atoms. The molecule has 0 aliphatic carbocycles. The molecule has 1 N–H and O–H groups in total. The van der Waals surface area contributed by atoms with Gasteiger partial charge in [0.25, 0.3) is 5.91 Å². The summed E-state index contributed by atoms with van der Waals surface area (Å²) in [6, 6.07) is 20.5. The average molecular weight is 634 g/mol. The number of fused-ring (bicyclic) bond motifs is 2. The molecule has 1 unspecified atom stereocenters. The Morgan fingerprint density at radius 1 is 0.915 bits per heavy atom. The summed E-state index contributed by atoms with van der Waals surface area (Å²) in [6.45, 7) is 6.54. The molecule has 4 aliphatic heterocycles. The zero-order valence-electron chi connectivity index (χ0n) is 26.8. The standard InChI is InChI=1S/C38H39N3O6/c1-4-46-28-17-15-27(16-18-28)39-20-8-12-31-32(35(39)43)33-36(44)41(30(23-42)26-10-6-5-7-11-26)34-37(45)40(21-9-19-38(33,34)47-31)29-22-24(2)13-14-25(29)3/h5-19,22,30-34,42H,4,20-21,23H2,1-3H3/t30-,31+,32-,33+,34?,38+/m1/s1. The van der Waals surface area contributed by atoms with Crippen LogP contribution in [0.5, 0.6) is 5.75 Å². The minimum absolute atomic E-state index is 0.253. The topological polar surface area (TPSA) is 99.6 Å². The Morgan fingerprint density at radius 2 is 1.66 bits per heavy atom. The largest absolute Gasteiger partial charge is 0.494 e. The molecule has 3 aromatic rings. The van der Waals surface area contributed by atoms with E-state index in [2.05, 4.69) is 0 Å². The van der Waals surface area contributed by atoms with E-state index in [1.54, 1.807) is 9.80 Å². The molecule has 7 rings (SSSR count). The highest BCUT2D eigenvalue weighted by Gasteiger charge is 2.72. The van der Waals surface area contributed by atoms with Crippen molar-refractivity contribution >= 4 is 29.1 Å². The van der Waals surface area contributed by atoms with E-state index in [0.29, 0.717) is 30.2 Å². The highest BCUT2D eigenvalue weighted by molar-refractivity contribution is 6.07. The summed E-state index contributed by atoms with van der Waals surface area (Å²) in [5.41, 5.74) is 2.61. The van der Waals surface area contributed by atoms with Crippen LogP contribution in [0.3, 0.4) is 0 Å². The fourth-order valence-electron chi connectivity index (χ4n) is 7.79. The van der Waals surface area contributed by atoms with Gasteiger partial charge in [0.15, 0.2) is 0 Å². The number of amides is 3. The predicted octanol–water partition coefficient (Wildman–Crippen LogP) is 4.52. The number of aliphatic hydroxyl groups is 1. The van der Waals surface area contributed by atoms with E-state index >= 15 is 0 Å². The van der Waals surface area contributed by atoms with Crippen molar-refractivity contribution < 1.29 is 29.0 Å². The number of aryl methyl sites for hydroxylation is 2. The Hall–Kier alpha value is -4.73. The molecule has 6 atom stereocenters. The number of ether oxygens (including phenoxy) is 2. The van der Waals surface area contributed by atoms with E-state index < -0.39 is 42.2 Å². The second-order valence-corrected chi connectivity index (χ2v) is 12.6. The molecule has 3 amide bonds. The quantitative estimate of drug-likeness (QED) is 0.384. The number of aliphatic hydroxyl groups excluding tert-OH is 1. The van der Waals surface area contributed by atoms with Gasteiger partial charge in [0, 0.05) is 24.5 Å². The number of hydrogen-bond acceptors (Lipinski definition) is 6. The van der Waals surface area contributed by atoms with Crippen LogP contribution in [-0.2, 0) is 19.1 Å². The zero-order chi connectivity index (χ0) is 32.9. The van der Waals surface area contributed by atoms with Crippen LogP contribution >= 0.6 is 0 Å². The summed E-state index contributed by atoms with van der Waals surface area (Å²) in [7, 11) is 0. The van der Waals surface area contributed by atoms with Crippen LogP contribution in [-0.4, -0.2) is 71.8 Å². The van der Waals surface area contributed by atoms with E-state index in [-0.39, 0.29) is 24.3 Å². The third kappa shape index (κ3) is 4.96. The normalized spacial score (nSPS) is 27.3. The molecule has 1 spiro atoms. The van der Waals surface area contributed by atoms with E-state index in [4.69, 9.17) is 9.47 Å². The van der Waals surface area contributed by atoms with Crippen LogP contribution in [0, 0.1) is 25.7 Å². The first kappa shape index (κ1) is 30.9. The fraction of sp³-hybridized carbons (Fsp3) is 0.342. The Morgan fingerprint density at radius 3 is 2.38 bits per heavy atom. The second kappa shape index (κ2) is 12.1. The molecular weight excluding hydrogens is 594 g/mol. The molecule has 0 aromatic heterocycles. The number of hydrogen-bond donors (Lipinski definition) is 1. The molecule has 0 saturated carbocycles. The Labute approximate surface area is 274 Å². The van der Waals surface area contributed by atoms with Crippen LogP contribution in [0.2, 0.25) is 0 Å². The van der Waals surface area contributed by atoms with Crippen molar-refractivity contribution in [2.75, 3.05) is 36.1 Å². The van der Waals surface area contributed by atoms with E-state index in [1.807, 2.05) is 118 Å². The van der Waals surface area contributed by atoms with Gasteiger partial charge in [-0.15, -0.1) is 0 Å². The smallest absolute Gasteiger partial charge is 0.253 e. The number of carbonyl (C=O) groups is 3. The first-order valence-corrected chi connectivity index (χ1v) is 16.2. The van der Waals surface area contributed by atoms with Gasteiger partial charge in [0.1, 0.15) is 17.4 Å². The molecule has 2 fully saturated rings. The maximum absolute atomic E-state index is 15.0. The third-order valence-electron chi connectivity index (χ3n) is 9.90. The van der Waals surface area contributed by atoms with E-state index in [1.165, 1.54) is 4.90 Å². The number of nitrogens with zero attached hydrogens (tertiary/aromatic N) is 3. The molecule has 47 heavy (non-hydrogen) atoms. The highest BCUT2D eigenvalue weighted by atomic mass is 16.5. The van der Waals surface area contributed by atoms with Crippen LogP contribution in [0.25, 0.3) is 0 Å². The van der Waals surface area contributed by atoms with Crippen molar-refractivity contribution in [2.24, 2.45) is 11.8 Å².